The van der Waals surface area contributed by atoms with Gasteiger partial charge in [-0.1, -0.05) is 18.2 Å². The lowest BCUT2D eigenvalue weighted by atomic mass is 10.1. The zero-order chi connectivity index (χ0) is 14.0. The molecule has 1 aliphatic rings. The molecule has 1 aliphatic carbocycles. The Hall–Kier alpha value is -0.580. The summed E-state index contributed by atoms with van der Waals surface area (Å²) in [6, 6.07) is 7.00. The molecule has 0 saturated heterocycles. The second-order valence-corrected chi connectivity index (χ2v) is 7.68. The standard InChI is InChI=1S/C14H20ClNO2S/c1-10(2)16-19(17,18)14-6-4-3-5-12(14)9-13(15)11-7-8-11/h3-6,10-11,13,16H,7-9H2,1-2H3. The first-order valence-electron chi connectivity index (χ1n) is 6.64. The highest BCUT2D eigenvalue weighted by molar-refractivity contribution is 7.89. The molecule has 0 radical (unpaired) electrons. The summed E-state index contributed by atoms with van der Waals surface area (Å²) in [6.07, 6.45) is 2.93. The van der Waals surface area contributed by atoms with Crippen LogP contribution in [-0.2, 0) is 16.4 Å². The SMILES string of the molecule is CC(C)NS(=O)(=O)c1ccccc1CC(Cl)C1CC1. The van der Waals surface area contributed by atoms with E-state index in [-0.39, 0.29) is 11.4 Å². The Morgan fingerprint density at radius 3 is 2.53 bits per heavy atom. The molecule has 106 valence electrons. The fourth-order valence-corrected chi connectivity index (χ4v) is 4.06. The molecule has 1 N–H and O–H groups in total. The monoisotopic (exact) mass is 301 g/mol. The van der Waals surface area contributed by atoms with E-state index in [4.69, 9.17) is 11.6 Å². The summed E-state index contributed by atoms with van der Waals surface area (Å²) in [7, 11) is -3.45. The number of benzene rings is 1. The zero-order valence-electron chi connectivity index (χ0n) is 11.3. The van der Waals surface area contributed by atoms with Crippen molar-refractivity contribution in [2.45, 2.75) is 49.4 Å². The molecule has 19 heavy (non-hydrogen) atoms. The fourth-order valence-electron chi connectivity index (χ4n) is 2.14. The summed E-state index contributed by atoms with van der Waals surface area (Å²) in [6.45, 7) is 3.63. The van der Waals surface area contributed by atoms with E-state index in [0.717, 1.165) is 18.4 Å². The summed E-state index contributed by atoms with van der Waals surface area (Å²) in [5.41, 5.74) is 0.808. The quantitative estimate of drug-likeness (QED) is 0.821. The van der Waals surface area contributed by atoms with Gasteiger partial charge >= 0.3 is 0 Å². The van der Waals surface area contributed by atoms with Gasteiger partial charge in [0.25, 0.3) is 0 Å². The van der Waals surface area contributed by atoms with Crippen LogP contribution in [0.2, 0.25) is 0 Å². The van der Waals surface area contributed by atoms with Gasteiger partial charge in [-0.05, 0) is 50.7 Å². The van der Waals surface area contributed by atoms with E-state index in [1.165, 1.54) is 0 Å². The van der Waals surface area contributed by atoms with E-state index in [1.54, 1.807) is 12.1 Å². The van der Waals surface area contributed by atoms with Crippen molar-refractivity contribution in [3.05, 3.63) is 29.8 Å². The van der Waals surface area contributed by atoms with E-state index in [9.17, 15) is 8.42 Å². The molecule has 1 saturated carbocycles. The molecule has 1 aromatic rings. The predicted octanol–water partition coefficient (Wildman–Crippen LogP) is 2.93. The van der Waals surface area contributed by atoms with Gasteiger partial charge in [0.05, 0.1) is 4.90 Å². The molecule has 2 rings (SSSR count). The van der Waals surface area contributed by atoms with Crippen molar-refractivity contribution in [2.75, 3.05) is 0 Å². The maximum atomic E-state index is 12.3. The third kappa shape index (κ3) is 3.94. The first-order chi connectivity index (χ1) is 8.90. The van der Waals surface area contributed by atoms with Crippen molar-refractivity contribution >= 4 is 21.6 Å². The second-order valence-electron chi connectivity index (χ2n) is 5.44. The highest BCUT2D eigenvalue weighted by Gasteiger charge is 2.31. The van der Waals surface area contributed by atoms with Gasteiger partial charge in [-0.2, -0.15) is 0 Å². The van der Waals surface area contributed by atoms with Gasteiger partial charge in [0, 0.05) is 11.4 Å². The lowest BCUT2D eigenvalue weighted by Crippen LogP contribution is -2.31. The topological polar surface area (TPSA) is 46.2 Å². The Balaban J connectivity index is 2.24. The van der Waals surface area contributed by atoms with Crippen molar-refractivity contribution in [3.63, 3.8) is 0 Å². The van der Waals surface area contributed by atoms with Gasteiger partial charge < -0.3 is 0 Å². The first-order valence-corrected chi connectivity index (χ1v) is 8.56. The second kappa shape index (κ2) is 5.81. The summed E-state index contributed by atoms with van der Waals surface area (Å²) >= 11 is 6.33. The van der Waals surface area contributed by atoms with Crippen LogP contribution in [0.3, 0.4) is 0 Å². The summed E-state index contributed by atoms with van der Waals surface area (Å²) in [4.78, 5) is 0.356. The minimum Gasteiger partial charge on any atom is -0.209 e. The summed E-state index contributed by atoms with van der Waals surface area (Å²) < 4.78 is 27.2. The van der Waals surface area contributed by atoms with Crippen LogP contribution in [0.15, 0.2) is 29.2 Å². The molecule has 0 aromatic heterocycles. The summed E-state index contributed by atoms with van der Waals surface area (Å²) in [5, 5.41) is 0.0374. The van der Waals surface area contributed by atoms with Crippen LogP contribution in [0.25, 0.3) is 0 Å². The van der Waals surface area contributed by atoms with E-state index in [0.29, 0.717) is 17.2 Å². The number of hydrogen-bond acceptors (Lipinski definition) is 2. The molecule has 3 nitrogen and oxygen atoms in total. The van der Waals surface area contributed by atoms with Crippen LogP contribution in [0.4, 0.5) is 0 Å². The van der Waals surface area contributed by atoms with Gasteiger partial charge in [-0.25, -0.2) is 13.1 Å². The third-order valence-corrected chi connectivity index (χ3v) is 5.47. The van der Waals surface area contributed by atoms with E-state index in [1.807, 2.05) is 26.0 Å². The molecular formula is C14H20ClNO2S. The molecule has 1 atom stereocenters. The highest BCUT2D eigenvalue weighted by Crippen LogP contribution is 2.37. The minimum absolute atomic E-state index is 0.0374. The van der Waals surface area contributed by atoms with Crippen molar-refractivity contribution in [2.24, 2.45) is 5.92 Å². The Labute approximate surface area is 120 Å². The average molecular weight is 302 g/mol. The normalized spacial score (nSPS) is 17.7. The molecule has 0 bridgehead atoms. The van der Waals surface area contributed by atoms with E-state index < -0.39 is 10.0 Å². The Morgan fingerprint density at radius 1 is 1.32 bits per heavy atom. The van der Waals surface area contributed by atoms with Crippen LogP contribution in [0, 0.1) is 5.92 Å². The van der Waals surface area contributed by atoms with Crippen LogP contribution < -0.4 is 4.72 Å². The van der Waals surface area contributed by atoms with E-state index in [2.05, 4.69) is 4.72 Å². The molecule has 0 heterocycles. The maximum Gasteiger partial charge on any atom is 0.241 e. The van der Waals surface area contributed by atoms with Crippen LogP contribution >= 0.6 is 11.6 Å². The number of halogens is 1. The molecule has 1 fully saturated rings. The number of alkyl halides is 1. The van der Waals surface area contributed by atoms with Gasteiger partial charge in [0.15, 0.2) is 0 Å². The molecule has 0 amide bonds. The van der Waals surface area contributed by atoms with Crippen LogP contribution in [0.5, 0.6) is 0 Å². The van der Waals surface area contributed by atoms with Crippen molar-refractivity contribution < 1.29 is 8.42 Å². The lowest BCUT2D eigenvalue weighted by Gasteiger charge is -2.15. The lowest BCUT2D eigenvalue weighted by molar-refractivity contribution is 0.568. The maximum absolute atomic E-state index is 12.3. The van der Waals surface area contributed by atoms with Crippen molar-refractivity contribution in [1.29, 1.82) is 0 Å². The molecule has 1 aromatic carbocycles. The number of sulfonamides is 1. The minimum atomic E-state index is -3.45. The Kier molecular flexibility index (Phi) is 4.54. The molecule has 5 heteroatoms. The number of rotatable bonds is 6. The molecule has 0 aliphatic heterocycles. The first kappa shape index (κ1) is 14.8. The molecule has 1 unspecified atom stereocenters. The highest BCUT2D eigenvalue weighted by atomic mass is 35.5. The third-order valence-electron chi connectivity index (χ3n) is 3.20. The number of hydrogen-bond donors (Lipinski definition) is 1. The van der Waals surface area contributed by atoms with Gasteiger partial charge in [0.1, 0.15) is 0 Å². The van der Waals surface area contributed by atoms with Crippen LogP contribution in [-0.4, -0.2) is 19.8 Å². The largest absolute Gasteiger partial charge is 0.241 e. The molecule has 0 spiro atoms. The smallest absolute Gasteiger partial charge is 0.209 e. The zero-order valence-corrected chi connectivity index (χ0v) is 12.8. The van der Waals surface area contributed by atoms with Crippen LogP contribution in [0.1, 0.15) is 32.3 Å². The van der Waals surface area contributed by atoms with E-state index >= 15 is 0 Å². The average Bonchev–Trinajstić information content (AvgIpc) is 3.11. The number of nitrogens with one attached hydrogen (secondary N) is 1. The summed E-state index contributed by atoms with van der Waals surface area (Å²) in [5.74, 6) is 0.551. The Bertz CT molecular complexity index is 538. The molecular weight excluding hydrogens is 282 g/mol. The van der Waals surface area contributed by atoms with Gasteiger partial charge in [-0.15, -0.1) is 11.6 Å². The van der Waals surface area contributed by atoms with Crippen molar-refractivity contribution in [1.82, 2.24) is 4.72 Å². The van der Waals surface area contributed by atoms with Gasteiger partial charge in [0.2, 0.25) is 10.0 Å². The Morgan fingerprint density at radius 2 is 1.95 bits per heavy atom. The van der Waals surface area contributed by atoms with Gasteiger partial charge in [-0.3, -0.25) is 0 Å². The van der Waals surface area contributed by atoms with Crippen molar-refractivity contribution in [3.8, 4) is 0 Å². The fraction of sp³-hybridized carbons (Fsp3) is 0.571. The predicted molar refractivity (Wildman–Crippen MR) is 78.0 cm³/mol.